The number of carbonyl (C=O) groups excluding carboxylic acids is 1. The van der Waals surface area contributed by atoms with Crippen LogP contribution in [0.5, 0.6) is 0 Å². The molecule has 5 heteroatoms. The highest BCUT2D eigenvalue weighted by atomic mass is 16.4. The predicted molar refractivity (Wildman–Crippen MR) is 62.3 cm³/mol. The molecule has 0 bridgehead atoms. The SMILES string of the molecule is CC(C)CNC(=O)NCCCCCC(=O)O. The number of hydrogen-bond donors (Lipinski definition) is 3. The molecule has 0 aromatic rings. The van der Waals surface area contributed by atoms with E-state index < -0.39 is 5.97 Å². The fourth-order valence-corrected chi connectivity index (χ4v) is 1.14. The van der Waals surface area contributed by atoms with E-state index in [1.165, 1.54) is 0 Å². The van der Waals surface area contributed by atoms with Crippen molar-refractivity contribution in [1.82, 2.24) is 10.6 Å². The zero-order valence-electron chi connectivity index (χ0n) is 10.1. The highest BCUT2D eigenvalue weighted by molar-refractivity contribution is 5.73. The van der Waals surface area contributed by atoms with Gasteiger partial charge in [-0.1, -0.05) is 20.3 Å². The van der Waals surface area contributed by atoms with E-state index in [4.69, 9.17) is 5.11 Å². The number of nitrogens with one attached hydrogen (secondary N) is 2. The first kappa shape index (κ1) is 14.7. The highest BCUT2D eigenvalue weighted by Gasteiger charge is 2.00. The lowest BCUT2D eigenvalue weighted by atomic mass is 10.2. The van der Waals surface area contributed by atoms with Gasteiger partial charge in [-0.3, -0.25) is 4.79 Å². The standard InChI is InChI=1S/C11H22N2O3/c1-9(2)8-13-11(16)12-7-5-3-4-6-10(14)15/h9H,3-8H2,1-2H3,(H,14,15)(H2,12,13,16). The highest BCUT2D eigenvalue weighted by Crippen LogP contribution is 1.98. The molecule has 0 aliphatic heterocycles. The summed E-state index contributed by atoms with van der Waals surface area (Å²) < 4.78 is 0. The summed E-state index contributed by atoms with van der Waals surface area (Å²) in [6.45, 7) is 5.34. The van der Waals surface area contributed by atoms with Gasteiger partial charge in [-0.15, -0.1) is 0 Å². The lowest BCUT2D eigenvalue weighted by molar-refractivity contribution is -0.137. The number of carboxylic acids is 1. The second kappa shape index (κ2) is 9.00. The molecule has 0 unspecified atom stereocenters. The first-order valence-corrected chi connectivity index (χ1v) is 5.76. The summed E-state index contributed by atoms with van der Waals surface area (Å²) in [5, 5.41) is 13.9. The molecule has 0 aliphatic rings. The number of aliphatic carboxylic acids is 1. The molecule has 0 saturated carbocycles. The Bertz CT molecular complexity index is 217. The summed E-state index contributed by atoms with van der Waals surface area (Å²) in [5.41, 5.74) is 0. The van der Waals surface area contributed by atoms with Crippen molar-refractivity contribution >= 4 is 12.0 Å². The van der Waals surface area contributed by atoms with E-state index in [-0.39, 0.29) is 12.5 Å². The van der Waals surface area contributed by atoms with Gasteiger partial charge in [0.25, 0.3) is 0 Å². The van der Waals surface area contributed by atoms with Crippen molar-refractivity contribution in [1.29, 1.82) is 0 Å². The van der Waals surface area contributed by atoms with Gasteiger partial charge >= 0.3 is 12.0 Å². The number of amides is 2. The second-order valence-corrected chi connectivity index (χ2v) is 4.24. The number of carbonyl (C=O) groups is 2. The van der Waals surface area contributed by atoms with E-state index in [0.29, 0.717) is 25.4 Å². The van der Waals surface area contributed by atoms with Crippen molar-refractivity contribution in [2.75, 3.05) is 13.1 Å². The Morgan fingerprint density at radius 1 is 1.12 bits per heavy atom. The molecule has 94 valence electrons. The number of carboxylic acid groups (broad SMARTS) is 1. The average Bonchev–Trinajstić information content (AvgIpc) is 2.19. The minimum Gasteiger partial charge on any atom is -0.481 e. The molecule has 2 amide bonds. The van der Waals surface area contributed by atoms with E-state index in [9.17, 15) is 9.59 Å². The van der Waals surface area contributed by atoms with Gasteiger partial charge in [0.2, 0.25) is 0 Å². The smallest absolute Gasteiger partial charge is 0.314 e. The van der Waals surface area contributed by atoms with E-state index in [2.05, 4.69) is 10.6 Å². The number of rotatable bonds is 8. The van der Waals surface area contributed by atoms with Crippen LogP contribution >= 0.6 is 0 Å². The molecule has 0 atom stereocenters. The Kier molecular flexibility index (Phi) is 8.29. The second-order valence-electron chi connectivity index (χ2n) is 4.24. The van der Waals surface area contributed by atoms with Crippen molar-refractivity contribution < 1.29 is 14.7 Å². The molecule has 16 heavy (non-hydrogen) atoms. The van der Waals surface area contributed by atoms with Gasteiger partial charge in [-0.2, -0.15) is 0 Å². The Labute approximate surface area is 96.6 Å². The van der Waals surface area contributed by atoms with Crippen LogP contribution in [0, 0.1) is 5.92 Å². The van der Waals surface area contributed by atoms with Crippen LogP contribution in [0.25, 0.3) is 0 Å². The van der Waals surface area contributed by atoms with E-state index in [0.717, 1.165) is 12.8 Å². The predicted octanol–water partition coefficient (Wildman–Crippen LogP) is 1.59. The van der Waals surface area contributed by atoms with Gasteiger partial charge in [0, 0.05) is 19.5 Å². The molecule has 0 heterocycles. The molecule has 5 nitrogen and oxygen atoms in total. The molecule has 0 aliphatic carbocycles. The summed E-state index contributed by atoms with van der Waals surface area (Å²) in [6.07, 6.45) is 2.53. The molecule has 0 aromatic carbocycles. The zero-order chi connectivity index (χ0) is 12.4. The van der Waals surface area contributed by atoms with Crippen LogP contribution in [0.4, 0.5) is 4.79 Å². The maximum absolute atomic E-state index is 11.2. The first-order valence-electron chi connectivity index (χ1n) is 5.76. The van der Waals surface area contributed by atoms with E-state index in [1.807, 2.05) is 13.8 Å². The molecule has 0 radical (unpaired) electrons. The van der Waals surface area contributed by atoms with Crippen LogP contribution in [-0.2, 0) is 4.79 Å². The van der Waals surface area contributed by atoms with Gasteiger partial charge in [-0.25, -0.2) is 4.79 Å². The van der Waals surface area contributed by atoms with Crippen molar-refractivity contribution in [3.63, 3.8) is 0 Å². The lowest BCUT2D eigenvalue weighted by Gasteiger charge is -2.08. The summed E-state index contributed by atoms with van der Waals surface area (Å²) in [5.74, 6) is -0.316. The lowest BCUT2D eigenvalue weighted by Crippen LogP contribution is -2.37. The van der Waals surface area contributed by atoms with Gasteiger partial charge in [0.1, 0.15) is 0 Å². The molecule has 0 aromatic heterocycles. The minimum absolute atomic E-state index is 0.146. The maximum atomic E-state index is 11.2. The van der Waals surface area contributed by atoms with Crippen LogP contribution < -0.4 is 10.6 Å². The van der Waals surface area contributed by atoms with Crippen LogP contribution in [0.1, 0.15) is 39.5 Å². The summed E-state index contributed by atoms with van der Waals surface area (Å²) in [7, 11) is 0. The van der Waals surface area contributed by atoms with Crippen LogP contribution in [0.3, 0.4) is 0 Å². The molecule has 0 rings (SSSR count). The molecule has 0 spiro atoms. The quantitative estimate of drug-likeness (QED) is 0.554. The molecule has 0 saturated heterocycles. The Morgan fingerprint density at radius 3 is 2.38 bits per heavy atom. The van der Waals surface area contributed by atoms with Crippen LogP contribution in [0.15, 0.2) is 0 Å². The Morgan fingerprint density at radius 2 is 1.81 bits per heavy atom. The van der Waals surface area contributed by atoms with Crippen molar-refractivity contribution in [2.45, 2.75) is 39.5 Å². The molecule has 0 fully saturated rings. The average molecular weight is 230 g/mol. The van der Waals surface area contributed by atoms with Gasteiger partial charge in [-0.05, 0) is 18.8 Å². The number of hydrogen-bond acceptors (Lipinski definition) is 2. The third-order valence-electron chi connectivity index (χ3n) is 2.02. The fraction of sp³-hybridized carbons (Fsp3) is 0.818. The maximum Gasteiger partial charge on any atom is 0.314 e. The topological polar surface area (TPSA) is 78.4 Å². The number of unbranched alkanes of at least 4 members (excludes halogenated alkanes) is 2. The van der Waals surface area contributed by atoms with Crippen LogP contribution in [-0.4, -0.2) is 30.2 Å². The largest absolute Gasteiger partial charge is 0.481 e. The van der Waals surface area contributed by atoms with Gasteiger partial charge in [0.15, 0.2) is 0 Å². The zero-order valence-corrected chi connectivity index (χ0v) is 10.1. The van der Waals surface area contributed by atoms with Crippen LogP contribution in [0.2, 0.25) is 0 Å². The summed E-state index contributed by atoms with van der Waals surface area (Å²) in [6, 6.07) is -0.146. The van der Waals surface area contributed by atoms with Gasteiger partial charge in [0.05, 0.1) is 0 Å². The van der Waals surface area contributed by atoms with Gasteiger partial charge < -0.3 is 15.7 Å². The summed E-state index contributed by atoms with van der Waals surface area (Å²) >= 11 is 0. The monoisotopic (exact) mass is 230 g/mol. The molecular weight excluding hydrogens is 208 g/mol. The third kappa shape index (κ3) is 10.8. The van der Waals surface area contributed by atoms with Crippen molar-refractivity contribution in [3.8, 4) is 0 Å². The van der Waals surface area contributed by atoms with Crippen molar-refractivity contribution in [3.05, 3.63) is 0 Å². The Hall–Kier alpha value is -1.26. The van der Waals surface area contributed by atoms with E-state index in [1.54, 1.807) is 0 Å². The first-order chi connectivity index (χ1) is 7.52. The molecule has 3 N–H and O–H groups in total. The molecular formula is C11H22N2O3. The Balaban J connectivity index is 3.24. The summed E-state index contributed by atoms with van der Waals surface area (Å²) in [4.78, 5) is 21.4. The third-order valence-corrected chi connectivity index (χ3v) is 2.02. The van der Waals surface area contributed by atoms with E-state index >= 15 is 0 Å². The number of urea groups is 1. The minimum atomic E-state index is -0.761. The fourth-order valence-electron chi connectivity index (χ4n) is 1.14. The van der Waals surface area contributed by atoms with Crippen molar-refractivity contribution in [2.24, 2.45) is 5.92 Å². The normalized spacial score (nSPS) is 10.2.